The van der Waals surface area contributed by atoms with Crippen LogP contribution in [0.4, 0.5) is 0 Å². The van der Waals surface area contributed by atoms with Crippen molar-refractivity contribution in [2.24, 2.45) is 5.73 Å². The summed E-state index contributed by atoms with van der Waals surface area (Å²) in [4.78, 5) is 4.65. The second-order valence-corrected chi connectivity index (χ2v) is 4.52. The van der Waals surface area contributed by atoms with Gasteiger partial charge < -0.3 is 10.3 Å². The molecule has 1 heterocycles. The van der Waals surface area contributed by atoms with Crippen LogP contribution in [0.5, 0.6) is 0 Å². The molecule has 3 nitrogen and oxygen atoms in total. The molecule has 0 aliphatic heterocycles. The van der Waals surface area contributed by atoms with Crippen LogP contribution in [0.3, 0.4) is 0 Å². The minimum absolute atomic E-state index is 0.424. The van der Waals surface area contributed by atoms with E-state index in [1.807, 2.05) is 0 Å². The molecule has 0 spiro atoms. The van der Waals surface area contributed by atoms with Crippen LogP contribution in [0.2, 0.25) is 0 Å². The molecule has 2 N–H and O–H groups in total. The summed E-state index contributed by atoms with van der Waals surface area (Å²) >= 11 is 0. The van der Waals surface area contributed by atoms with Gasteiger partial charge in [-0.05, 0) is 45.0 Å². The third-order valence-electron chi connectivity index (χ3n) is 2.80. The number of nitrogens with two attached hydrogens (primary N) is 1. The summed E-state index contributed by atoms with van der Waals surface area (Å²) in [5.74, 6) is 1.10. The first-order valence-electron chi connectivity index (χ1n) is 5.81. The third-order valence-corrected chi connectivity index (χ3v) is 2.80. The first-order valence-corrected chi connectivity index (χ1v) is 5.81. The molecular formula is C13H19N3. The van der Waals surface area contributed by atoms with Gasteiger partial charge in [0.2, 0.25) is 0 Å². The highest BCUT2D eigenvalue weighted by Gasteiger charge is 2.12. The van der Waals surface area contributed by atoms with E-state index in [4.69, 9.17) is 5.73 Å². The summed E-state index contributed by atoms with van der Waals surface area (Å²) in [5, 5.41) is 0. The zero-order chi connectivity index (χ0) is 11.7. The number of imidazole rings is 1. The van der Waals surface area contributed by atoms with Crippen LogP contribution in [0, 0.1) is 6.92 Å². The summed E-state index contributed by atoms with van der Waals surface area (Å²) < 4.78 is 2.29. The molecule has 0 aliphatic rings. The Labute approximate surface area is 96.3 Å². The number of hydrogen-bond acceptors (Lipinski definition) is 2. The predicted molar refractivity (Wildman–Crippen MR) is 67.6 cm³/mol. The van der Waals surface area contributed by atoms with Crippen LogP contribution >= 0.6 is 0 Å². The quantitative estimate of drug-likeness (QED) is 0.858. The van der Waals surface area contributed by atoms with Gasteiger partial charge in [0.1, 0.15) is 5.82 Å². The van der Waals surface area contributed by atoms with Crippen LogP contribution in [0.15, 0.2) is 18.2 Å². The zero-order valence-corrected chi connectivity index (χ0v) is 10.2. The molecule has 0 saturated carbocycles. The van der Waals surface area contributed by atoms with Gasteiger partial charge in [0.25, 0.3) is 0 Å². The van der Waals surface area contributed by atoms with Gasteiger partial charge in [0.05, 0.1) is 11.0 Å². The van der Waals surface area contributed by atoms with E-state index in [1.54, 1.807) is 0 Å². The molecule has 2 rings (SSSR count). The highest BCUT2D eigenvalue weighted by Crippen LogP contribution is 2.22. The van der Waals surface area contributed by atoms with E-state index in [0.29, 0.717) is 12.6 Å². The normalized spacial score (nSPS) is 11.6. The van der Waals surface area contributed by atoms with E-state index >= 15 is 0 Å². The highest BCUT2D eigenvalue weighted by atomic mass is 15.1. The van der Waals surface area contributed by atoms with Crippen LogP contribution in [-0.4, -0.2) is 16.1 Å². The Hall–Kier alpha value is -1.35. The van der Waals surface area contributed by atoms with Gasteiger partial charge in [-0.25, -0.2) is 4.98 Å². The van der Waals surface area contributed by atoms with Crippen molar-refractivity contribution >= 4 is 11.0 Å². The lowest BCUT2D eigenvalue weighted by molar-refractivity contribution is 0.584. The number of fused-ring (bicyclic) bond motifs is 1. The van der Waals surface area contributed by atoms with E-state index in [0.717, 1.165) is 17.8 Å². The fourth-order valence-corrected chi connectivity index (χ4v) is 2.13. The Balaban J connectivity index is 2.67. The zero-order valence-electron chi connectivity index (χ0n) is 10.2. The van der Waals surface area contributed by atoms with E-state index in [9.17, 15) is 0 Å². The van der Waals surface area contributed by atoms with E-state index in [-0.39, 0.29) is 0 Å². The number of hydrogen-bond donors (Lipinski definition) is 1. The van der Waals surface area contributed by atoms with Gasteiger partial charge in [-0.1, -0.05) is 6.07 Å². The number of rotatable bonds is 3. The molecule has 0 saturated heterocycles. The standard InChI is InChI=1S/C13H19N3/c1-9(2)16-12-8-10(3)4-5-11(12)15-13(16)6-7-14/h4-5,8-9H,6-7,14H2,1-3H3. The van der Waals surface area contributed by atoms with Crippen LogP contribution in [0.25, 0.3) is 11.0 Å². The molecule has 1 aromatic heterocycles. The molecule has 0 fully saturated rings. The van der Waals surface area contributed by atoms with Crippen LogP contribution in [0.1, 0.15) is 31.3 Å². The molecule has 86 valence electrons. The average Bonchev–Trinajstić information content (AvgIpc) is 2.55. The van der Waals surface area contributed by atoms with Crippen molar-refractivity contribution < 1.29 is 0 Å². The minimum Gasteiger partial charge on any atom is -0.330 e. The molecular weight excluding hydrogens is 198 g/mol. The van der Waals surface area contributed by atoms with E-state index < -0.39 is 0 Å². The average molecular weight is 217 g/mol. The third kappa shape index (κ3) is 1.83. The maximum atomic E-state index is 5.63. The lowest BCUT2D eigenvalue weighted by Crippen LogP contribution is -2.11. The molecule has 0 bridgehead atoms. The largest absolute Gasteiger partial charge is 0.330 e. The first kappa shape index (κ1) is 11.1. The number of nitrogens with zero attached hydrogens (tertiary/aromatic N) is 2. The molecule has 0 radical (unpaired) electrons. The molecule has 2 aromatic rings. The maximum Gasteiger partial charge on any atom is 0.111 e. The Morgan fingerprint density at radius 2 is 2.12 bits per heavy atom. The van der Waals surface area contributed by atoms with Gasteiger partial charge in [-0.3, -0.25) is 0 Å². The van der Waals surface area contributed by atoms with E-state index in [2.05, 4.69) is 48.5 Å². The van der Waals surface area contributed by atoms with Crippen molar-refractivity contribution in [2.45, 2.75) is 33.2 Å². The topological polar surface area (TPSA) is 43.8 Å². The monoisotopic (exact) mass is 217 g/mol. The van der Waals surface area contributed by atoms with Crippen molar-refractivity contribution in [1.29, 1.82) is 0 Å². The lowest BCUT2D eigenvalue weighted by Gasteiger charge is -2.12. The van der Waals surface area contributed by atoms with Crippen molar-refractivity contribution in [3.63, 3.8) is 0 Å². The molecule has 1 aromatic carbocycles. The molecule has 0 atom stereocenters. The van der Waals surface area contributed by atoms with Crippen molar-refractivity contribution in [2.75, 3.05) is 6.54 Å². The highest BCUT2D eigenvalue weighted by molar-refractivity contribution is 5.77. The van der Waals surface area contributed by atoms with E-state index in [1.165, 1.54) is 11.1 Å². The smallest absolute Gasteiger partial charge is 0.111 e. The van der Waals surface area contributed by atoms with Gasteiger partial charge in [-0.2, -0.15) is 0 Å². The number of aryl methyl sites for hydroxylation is 1. The Kier molecular flexibility index (Phi) is 2.97. The van der Waals surface area contributed by atoms with Gasteiger partial charge in [-0.15, -0.1) is 0 Å². The molecule has 0 amide bonds. The molecule has 0 aliphatic carbocycles. The predicted octanol–water partition coefficient (Wildman–Crippen LogP) is 2.43. The second-order valence-electron chi connectivity index (χ2n) is 4.52. The first-order chi connectivity index (χ1) is 7.63. The Morgan fingerprint density at radius 3 is 2.75 bits per heavy atom. The molecule has 3 heteroatoms. The summed E-state index contributed by atoms with van der Waals surface area (Å²) in [5.41, 5.74) is 9.19. The Bertz CT molecular complexity index is 497. The summed E-state index contributed by atoms with van der Waals surface area (Å²) in [6, 6.07) is 6.81. The van der Waals surface area contributed by atoms with Crippen molar-refractivity contribution in [3.05, 3.63) is 29.6 Å². The lowest BCUT2D eigenvalue weighted by atomic mass is 10.2. The fourth-order valence-electron chi connectivity index (χ4n) is 2.13. The fraction of sp³-hybridized carbons (Fsp3) is 0.462. The Morgan fingerprint density at radius 1 is 1.38 bits per heavy atom. The number of aromatic nitrogens is 2. The molecule has 16 heavy (non-hydrogen) atoms. The van der Waals surface area contributed by atoms with Crippen molar-refractivity contribution in [3.8, 4) is 0 Å². The van der Waals surface area contributed by atoms with Crippen molar-refractivity contribution in [1.82, 2.24) is 9.55 Å². The van der Waals surface area contributed by atoms with Crippen LogP contribution in [-0.2, 0) is 6.42 Å². The summed E-state index contributed by atoms with van der Waals surface area (Å²) in [6.45, 7) is 7.13. The second kappa shape index (κ2) is 4.26. The number of benzene rings is 1. The minimum atomic E-state index is 0.424. The maximum absolute atomic E-state index is 5.63. The summed E-state index contributed by atoms with van der Waals surface area (Å²) in [6.07, 6.45) is 0.839. The van der Waals surface area contributed by atoms with Gasteiger partial charge in [0, 0.05) is 12.5 Å². The SMILES string of the molecule is Cc1ccc2nc(CCN)n(C(C)C)c2c1. The summed E-state index contributed by atoms with van der Waals surface area (Å²) in [7, 11) is 0. The van der Waals surface area contributed by atoms with Crippen LogP contribution < -0.4 is 5.73 Å². The van der Waals surface area contributed by atoms with Gasteiger partial charge in [0.15, 0.2) is 0 Å². The van der Waals surface area contributed by atoms with Gasteiger partial charge >= 0.3 is 0 Å². The molecule has 0 unspecified atom stereocenters.